The Morgan fingerprint density at radius 1 is 1.38 bits per heavy atom. The van der Waals surface area contributed by atoms with Crippen molar-refractivity contribution in [1.82, 2.24) is 19.8 Å². The predicted octanol–water partition coefficient (Wildman–Crippen LogP) is 0.414. The van der Waals surface area contributed by atoms with Crippen LogP contribution in [0, 0.1) is 5.82 Å². The van der Waals surface area contributed by atoms with Gasteiger partial charge in [-0.1, -0.05) is 0 Å². The molecule has 0 bridgehead atoms. The summed E-state index contributed by atoms with van der Waals surface area (Å²) in [5.74, 6) is 0.341. The van der Waals surface area contributed by atoms with Crippen molar-refractivity contribution < 1.29 is 13.9 Å². The highest BCUT2D eigenvalue weighted by Gasteiger charge is 2.38. The fraction of sp³-hybridized carbons (Fsp3) is 0.706. The number of hydrogen-bond acceptors (Lipinski definition) is 7. The van der Waals surface area contributed by atoms with Crippen LogP contribution in [0.4, 0.5) is 16.2 Å². The van der Waals surface area contributed by atoms with Gasteiger partial charge in [0.15, 0.2) is 11.6 Å². The molecule has 8 nitrogen and oxygen atoms in total. The van der Waals surface area contributed by atoms with Gasteiger partial charge in [-0.2, -0.15) is 4.98 Å². The van der Waals surface area contributed by atoms with Crippen LogP contribution in [-0.4, -0.2) is 91.7 Å². The molecule has 0 spiro atoms. The van der Waals surface area contributed by atoms with Gasteiger partial charge < -0.3 is 19.9 Å². The average molecular weight is 366 g/mol. The van der Waals surface area contributed by atoms with Gasteiger partial charge in [0.25, 0.3) is 0 Å². The van der Waals surface area contributed by atoms with Crippen LogP contribution in [0.25, 0.3) is 0 Å². The molecule has 2 aliphatic rings. The van der Waals surface area contributed by atoms with E-state index in [1.54, 1.807) is 38.0 Å². The first-order chi connectivity index (χ1) is 12.3. The highest BCUT2D eigenvalue weighted by Crippen LogP contribution is 2.26. The molecule has 0 aromatic carbocycles. The molecule has 3 heterocycles. The Morgan fingerprint density at radius 2 is 2.15 bits per heavy atom. The number of amides is 1. The molecule has 3 atom stereocenters. The third-order valence-electron chi connectivity index (χ3n) is 4.87. The zero-order valence-electron chi connectivity index (χ0n) is 15.8. The zero-order chi connectivity index (χ0) is 18.8. The van der Waals surface area contributed by atoms with Crippen LogP contribution in [-0.2, 0) is 9.53 Å². The lowest BCUT2D eigenvalue weighted by Crippen LogP contribution is -2.47. The van der Waals surface area contributed by atoms with Gasteiger partial charge in [-0.15, -0.1) is 0 Å². The van der Waals surface area contributed by atoms with Crippen LogP contribution in [0.5, 0.6) is 0 Å². The van der Waals surface area contributed by atoms with Crippen molar-refractivity contribution in [3.05, 3.63) is 12.0 Å². The van der Waals surface area contributed by atoms with Crippen molar-refractivity contribution in [2.75, 3.05) is 58.1 Å². The van der Waals surface area contributed by atoms with Crippen molar-refractivity contribution in [2.24, 2.45) is 0 Å². The minimum absolute atomic E-state index is 0.0673. The molecule has 2 fully saturated rings. The summed E-state index contributed by atoms with van der Waals surface area (Å²) in [7, 11) is 7.01. The minimum Gasteiger partial charge on any atom is -0.375 e. The van der Waals surface area contributed by atoms with Crippen molar-refractivity contribution in [3.8, 4) is 0 Å². The van der Waals surface area contributed by atoms with Crippen LogP contribution >= 0.6 is 0 Å². The molecule has 2 aliphatic heterocycles. The average Bonchev–Trinajstić information content (AvgIpc) is 2.97. The third kappa shape index (κ3) is 4.21. The standard InChI is InChI=1S/C17H27FN6O2/c1-22(2)15(25)6-13-9-24-8-11(5-12(24)10-26-13)20-17-19-7-14(18)16(21-17)23(3)4/h7,11-13H,5-6,8-10H2,1-4H3,(H,19,20,21)/t11-,12+,13+/m1/s1. The van der Waals surface area contributed by atoms with Crippen LogP contribution in [0.15, 0.2) is 6.20 Å². The van der Waals surface area contributed by atoms with Gasteiger partial charge in [0, 0.05) is 53.4 Å². The third-order valence-corrected chi connectivity index (χ3v) is 4.87. The van der Waals surface area contributed by atoms with Gasteiger partial charge in [0.2, 0.25) is 11.9 Å². The van der Waals surface area contributed by atoms with Crippen molar-refractivity contribution in [2.45, 2.75) is 31.0 Å². The topological polar surface area (TPSA) is 73.8 Å². The van der Waals surface area contributed by atoms with Crippen LogP contribution in [0.2, 0.25) is 0 Å². The molecule has 1 aromatic rings. The van der Waals surface area contributed by atoms with Gasteiger partial charge >= 0.3 is 0 Å². The number of anilines is 2. The first-order valence-electron chi connectivity index (χ1n) is 8.85. The van der Waals surface area contributed by atoms with Crippen LogP contribution in [0.3, 0.4) is 0 Å². The summed E-state index contributed by atoms with van der Waals surface area (Å²) in [6.45, 7) is 2.20. The lowest BCUT2D eigenvalue weighted by molar-refractivity contribution is -0.134. The van der Waals surface area contributed by atoms with Gasteiger partial charge in [0.05, 0.1) is 25.3 Å². The molecule has 0 aliphatic carbocycles. The second kappa shape index (κ2) is 7.71. The predicted molar refractivity (Wildman–Crippen MR) is 96.8 cm³/mol. The second-order valence-electron chi connectivity index (χ2n) is 7.39. The van der Waals surface area contributed by atoms with E-state index in [2.05, 4.69) is 20.2 Å². The first kappa shape index (κ1) is 18.8. The maximum Gasteiger partial charge on any atom is 0.225 e. The molecule has 9 heteroatoms. The summed E-state index contributed by atoms with van der Waals surface area (Å²) in [6, 6.07) is 0.499. The maximum atomic E-state index is 13.7. The molecule has 2 saturated heterocycles. The number of nitrogens with one attached hydrogen (secondary N) is 1. The van der Waals surface area contributed by atoms with E-state index in [0.717, 1.165) is 19.5 Å². The minimum atomic E-state index is -0.439. The lowest BCUT2D eigenvalue weighted by atomic mass is 10.1. The van der Waals surface area contributed by atoms with Gasteiger partial charge in [0.1, 0.15) is 0 Å². The Balaban J connectivity index is 1.57. The van der Waals surface area contributed by atoms with E-state index in [-0.39, 0.29) is 23.9 Å². The maximum absolute atomic E-state index is 13.7. The van der Waals surface area contributed by atoms with Gasteiger partial charge in [-0.3, -0.25) is 9.69 Å². The number of carbonyl (C=O) groups excluding carboxylic acids is 1. The summed E-state index contributed by atoms with van der Waals surface area (Å²) in [5, 5.41) is 3.31. The Morgan fingerprint density at radius 3 is 2.85 bits per heavy atom. The summed E-state index contributed by atoms with van der Waals surface area (Å²) >= 11 is 0. The summed E-state index contributed by atoms with van der Waals surface area (Å²) < 4.78 is 19.6. The van der Waals surface area contributed by atoms with E-state index in [1.807, 2.05) is 0 Å². The quantitative estimate of drug-likeness (QED) is 0.809. The smallest absolute Gasteiger partial charge is 0.225 e. The summed E-state index contributed by atoms with van der Waals surface area (Å²) in [4.78, 5) is 25.8. The van der Waals surface area contributed by atoms with Gasteiger partial charge in [-0.25, -0.2) is 9.37 Å². The highest BCUT2D eigenvalue weighted by molar-refractivity contribution is 5.76. The molecular formula is C17H27FN6O2. The van der Waals surface area contributed by atoms with Crippen molar-refractivity contribution >= 4 is 17.7 Å². The monoisotopic (exact) mass is 366 g/mol. The normalized spacial score (nSPS) is 25.7. The second-order valence-corrected chi connectivity index (χ2v) is 7.39. The Labute approximate surface area is 153 Å². The molecule has 0 unspecified atom stereocenters. The number of rotatable bonds is 5. The number of nitrogens with zero attached hydrogens (tertiary/aromatic N) is 5. The van der Waals surface area contributed by atoms with E-state index in [0.29, 0.717) is 25.0 Å². The summed E-state index contributed by atoms with van der Waals surface area (Å²) in [6.07, 6.45) is 2.44. The van der Waals surface area contributed by atoms with E-state index in [4.69, 9.17) is 4.74 Å². The lowest BCUT2D eigenvalue weighted by Gasteiger charge is -2.35. The molecule has 1 amide bonds. The number of carbonyl (C=O) groups is 1. The SMILES string of the molecule is CN(C)C(=O)C[C@H]1CN2C[C@H](Nc3ncc(F)c(N(C)C)n3)C[C@H]2CO1. The van der Waals surface area contributed by atoms with Crippen molar-refractivity contribution in [1.29, 1.82) is 0 Å². The number of ether oxygens (including phenoxy) is 1. The van der Waals surface area contributed by atoms with Crippen LogP contribution in [0.1, 0.15) is 12.8 Å². The van der Waals surface area contributed by atoms with E-state index < -0.39 is 5.82 Å². The van der Waals surface area contributed by atoms with Crippen LogP contribution < -0.4 is 10.2 Å². The Kier molecular flexibility index (Phi) is 5.57. The van der Waals surface area contributed by atoms with Gasteiger partial charge in [-0.05, 0) is 6.42 Å². The molecule has 26 heavy (non-hydrogen) atoms. The largest absolute Gasteiger partial charge is 0.375 e. The van der Waals surface area contributed by atoms with E-state index in [9.17, 15) is 9.18 Å². The zero-order valence-corrected chi connectivity index (χ0v) is 15.8. The molecule has 1 N–H and O–H groups in total. The first-order valence-corrected chi connectivity index (χ1v) is 8.85. The van der Waals surface area contributed by atoms with E-state index in [1.165, 1.54) is 6.20 Å². The Bertz CT molecular complexity index is 656. The number of hydrogen-bond donors (Lipinski definition) is 1. The number of morpholine rings is 1. The number of halogens is 1. The molecule has 144 valence electrons. The number of fused-ring (bicyclic) bond motifs is 1. The highest BCUT2D eigenvalue weighted by atomic mass is 19.1. The number of aromatic nitrogens is 2. The van der Waals surface area contributed by atoms with E-state index >= 15 is 0 Å². The summed E-state index contributed by atoms with van der Waals surface area (Å²) in [5.41, 5.74) is 0. The fourth-order valence-corrected chi connectivity index (χ4v) is 3.47. The van der Waals surface area contributed by atoms with Crippen molar-refractivity contribution in [3.63, 3.8) is 0 Å². The molecular weight excluding hydrogens is 339 g/mol. The molecule has 0 radical (unpaired) electrons. The molecule has 3 rings (SSSR count). The fourth-order valence-electron chi connectivity index (χ4n) is 3.47. The molecule has 0 saturated carbocycles. The Hall–Kier alpha value is -2.00. The molecule has 1 aromatic heterocycles.